The van der Waals surface area contributed by atoms with Gasteiger partial charge < -0.3 is 4.43 Å². The zero-order valence-electron chi connectivity index (χ0n) is 16.0. The molecular weight excluding hydrogens is 336 g/mol. The molecule has 0 saturated heterocycles. The monoisotopic (exact) mass is 368 g/mol. The van der Waals surface area contributed by atoms with E-state index in [0.29, 0.717) is 16.6 Å². The van der Waals surface area contributed by atoms with Crippen molar-refractivity contribution in [1.29, 1.82) is 0 Å². The molecule has 0 amide bonds. The maximum atomic E-state index is 12.8. The summed E-state index contributed by atoms with van der Waals surface area (Å²) in [6.45, 7) is 18.8. The fourth-order valence-electron chi connectivity index (χ4n) is 3.75. The summed E-state index contributed by atoms with van der Waals surface area (Å²) in [5, 5.41) is 0. The number of hydrogen-bond donors (Lipinski definition) is 0. The number of benzene rings is 1. The van der Waals surface area contributed by atoms with Crippen molar-refractivity contribution in [2.75, 3.05) is 0 Å². The van der Waals surface area contributed by atoms with Crippen LogP contribution >= 0.6 is 0 Å². The minimum absolute atomic E-state index is 0.146. The van der Waals surface area contributed by atoms with Gasteiger partial charge in [-0.1, -0.05) is 66.3 Å². The summed E-state index contributed by atoms with van der Waals surface area (Å²) in [5.41, 5.74) is 1.19. The molecule has 3 nitrogen and oxygen atoms in total. The molecule has 0 heterocycles. The van der Waals surface area contributed by atoms with Crippen LogP contribution in [0.5, 0.6) is 0 Å². The van der Waals surface area contributed by atoms with E-state index >= 15 is 0 Å². The standard InChI is InChI=1S/C19H32O3SSi/c1-14(2)24(15(3)4,16(5)6)22-17(7)18(8)23(20,21)19-12-10-9-11-13-19/h9-17H,8H2,1-7H3/t17-/m0/s1. The van der Waals surface area contributed by atoms with Crippen molar-refractivity contribution in [2.24, 2.45) is 0 Å². The SMILES string of the molecule is C=C([C@H](C)O[Si](C(C)C)(C(C)C)C(C)C)S(=O)(=O)c1ccccc1. The quantitative estimate of drug-likeness (QED) is 0.565. The molecule has 0 aliphatic heterocycles. The smallest absolute Gasteiger partial charge is 0.204 e. The first-order valence-electron chi connectivity index (χ1n) is 8.64. The Morgan fingerprint density at radius 1 is 0.917 bits per heavy atom. The molecule has 0 bridgehead atoms. The second kappa shape index (κ2) is 7.98. The summed E-state index contributed by atoms with van der Waals surface area (Å²) >= 11 is 0. The van der Waals surface area contributed by atoms with Crippen molar-refractivity contribution in [2.45, 2.75) is 76.1 Å². The van der Waals surface area contributed by atoms with Gasteiger partial charge in [-0.15, -0.1) is 0 Å². The van der Waals surface area contributed by atoms with Crippen LogP contribution in [0.25, 0.3) is 0 Å². The van der Waals surface area contributed by atoms with Crippen LogP contribution in [-0.4, -0.2) is 22.8 Å². The topological polar surface area (TPSA) is 43.4 Å². The van der Waals surface area contributed by atoms with Crippen LogP contribution in [0.15, 0.2) is 46.7 Å². The zero-order chi connectivity index (χ0) is 18.7. The van der Waals surface area contributed by atoms with E-state index in [1.54, 1.807) is 30.3 Å². The Balaban J connectivity index is 3.17. The molecule has 0 unspecified atom stereocenters. The lowest BCUT2D eigenvalue weighted by atomic mass is 10.4. The second-order valence-electron chi connectivity index (χ2n) is 7.36. The Morgan fingerprint density at radius 3 is 1.71 bits per heavy atom. The van der Waals surface area contributed by atoms with E-state index < -0.39 is 24.3 Å². The lowest BCUT2D eigenvalue weighted by Gasteiger charge is -2.44. The maximum absolute atomic E-state index is 12.8. The maximum Gasteiger partial charge on any atom is 0.204 e. The predicted molar refractivity (Wildman–Crippen MR) is 104 cm³/mol. The molecular formula is C19H32O3SSi. The minimum Gasteiger partial charge on any atom is -0.409 e. The average molecular weight is 369 g/mol. The second-order valence-corrected chi connectivity index (χ2v) is 14.8. The molecule has 0 radical (unpaired) electrons. The minimum atomic E-state index is -3.58. The van der Waals surface area contributed by atoms with Gasteiger partial charge >= 0.3 is 0 Å². The van der Waals surface area contributed by atoms with E-state index in [1.807, 2.05) is 6.92 Å². The van der Waals surface area contributed by atoms with Gasteiger partial charge in [0, 0.05) is 0 Å². The molecule has 1 aromatic rings. The first-order valence-corrected chi connectivity index (χ1v) is 12.3. The van der Waals surface area contributed by atoms with E-state index in [9.17, 15) is 8.42 Å². The van der Waals surface area contributed by atoms with Crippen LogP contribution in [0.3, 0.4) is 0 Å². The first kappa shape index (κ1) is 21.1. The third kappa shape index (κ3) is 4.01. The van der Waals surface area contributed by atoms with Crippen molar-refractivity contribution in [1.82, 2.24) is 0 Å². The van der Waals surface area contributed by atoms with Crippen LogP contribution < -0.4 is 0 Å². The normalized spacial score (nSPS) is 14.4. The summed E-state index contributed by atoms with van der Waals surface area (Å²) in [5.74, 6) is 0. The Kier molecular flexibility index (Phi) is 7.02. The lowest BCUT2D eigenvalue weighted by Crippen LogP contribution is -2.50. The van der Waals surface area contributed by atoms with Gasteiger partial charge in [0.25, 0.3) is 0 Å². The summed E-state index contributed by atoms with van der Waals surface area (Å²) < 4.78 is 32.2. The van der Waals surface area contributed by atoms with Crippen molar-refractivity contribution in [3.63, 3.8) is 0 Å². The van der Waals surface area contributed by atoms with Gasteiger partial charge in [0.15, 0.2) is 0 Å². The van der Waals surface area contributed by atoms with Crippen LogP contribution in [0.2, 0.25) is 16.6 Å². The van der Waals surface area contributed by atoms with Crippen LogP contribution in [-0.2, 0) is 14.3 Å². The number of hydrogen-bond acceptors (Lipinski definition) is 3. The van der Waals surface area contributed by atoms with Crippen molar-refractivity contribution in [3.8, 4) is 0 Å². The Labute approximate surface area is 149 Å². The van der Waals surface area contributed by atoms with Gasteiger partial charge in [-0.2, -0.15) is 0 Å². The van der Waals surface area contributed by atoms with Gasteiger partial charge in [-0.05, 0) is 35.7 Å². The highest BCUT2D eigenvalue weighted by Crippen LogP contribution is 2.44. The molecule has 1 rings (SSSR count). The molecule has 0 fully saturated rings. The lowest BCUT2D eigenvalue weighted by molar-refractivity contribution is 0.230. The van der Waals surface area contributed by atoms with Crippen LogP contribution in [0.1, 0.15) is 48.5 Å². The van der Waals surface area contributed by atoms with Crippen molar-refractivity contribution < 1.29 is 12.8 Å². The third-order valence-corrected chi connectivity index (χ3v) is 13.0. The average Bonchev–Trinajstić information content (AvgIpc) is 2.51. The molecule has 0 aliphatic rings. The van der Waals surface area contributed by atoms with Crippen LogP contribution in [0.4, 0.5) is 0 Å². The Bertz CT molecular complexity index is 627. The van der Waals surface area contributed by atoms with Crippen LogP contribution in [0, 0.1) is 0 Å². The summed E-state index contributed by atoms with van der Waals surface area (Å²) in [6.07, 6.45) is -0.519. The number of rotatable bonds is 8. The third-order valence-electron chi connectivity index (χ3n) is 4.94. The van der Waals surface area contributed by atoms with Crippen molar-refractivity contribution in [3.05, 3.63) is 41.8 Å². The predicted octanol–water partition coefficient (Wildman–Crippen LogP) is 5.55. The van der Waals surface area contributed by atoms with E-state index in [1.165, 1.54) is 0 Å². The zero-order valence-corrected chi connectivity index (χ0v) is 17.9. The molecule has 5 heteroatoms. The highest BCUT2D eigenvalue weighted by molar-refractivity contribution is 7.95. The van der Waals surface area contributed by atoms with Gasteiger partial charge in [-0.3, -0.25) is 0 Å². The Hall–Kier alpha value is -0.913. The van der Waals surface area contributed by atoms with Gasteiger partial charge in [0.1, 0.15) is 0 Å². The largest absolute Gasteiger partial charge is 0.409 e. The fraction of sp³-hybridized carbons (Fsp3) is 0.579. The van der Waals surface area contributed by atoms with E-state index in [4.69, 9.17) is 4.43 Å². The molecule has 0 saturated carbocycles. The Morgan fingerprint density at radius 2 is 1.33 bits per heavy atom. The van der Waals surface area contributed by atoms with Gasteiger partial charge in [-0.25, -0.2) is 8.42 Å². The molecule has 0 aromatic heterocycles. The fourth-order valence-corrected chi connectivity index (χ4v) is 10.7. The molecule has 1 aromatic carbocycles. The summed E-state index contributed by atoms with van der Waals surface area (Å²) in [7, 11) is -5.74. The highest BCUT2D eigenvalue weighted by atomic mass is 32.2. The highest BCUT2D eigenvalue weighted by Gasteiger charge is 2.47. The molecule has 1 atom stereocenters. The number of sulfone groups is 1. The molecule has 0 N–H and O–H groups in total. The summed E-state index contributed by atoms with van der Waals surface area (Å²) in [6, 6.07) is 8.45. The molecule has 136 valence electrons. The molecule has 0 spiro atoms. The van der Waals surface area contributed by atoms with Gasteiger partial charge in [0.05, 0.1) is 15.9 Å². The summed E-state index contributed by atoms with van der Waals surface area (Å²) in [4.78, 5) is 0.420. The van der Waals surface area contributed by atoms with E-state index in [-0.39, 0.29) is 9.80 Å². The van der Waals surface area contributed by atoms with Gasteiger partial charge in [0.2, 0.25) is 18.2 Å². The van der Waals surface area contributed by atoms with E-state index in [0.717, 1.165) is 0 Å². The van der Waals surface area contributed by atoms with E-state index in [2.05, 4.69) is 48.1 Å². The molecule has 24 heavy (non-hydrogen) atoms. The van der Waals surface area contributed by atoms with Crippen molar-refractivity contribution >= 4 is 18.2 Å². The molecule has 0 aliphatic carbocycles. The first-order chi connectivity index (χ1) is 11.0.